The zero-order valence-electron chi connectivity index (χ0n) is 19.7. The predicted octanol–water partition coefficient (Wildman–Crippen LogP) is 4.13. The van der Waals surface area contributed by atoms with Crippen molar-refractivity contribution in [2.45, 2.75) is 58.5 Å². The average molecular weight is 447 g/mol. The molecule has 0 saturated carbocycles. The number of aromatic nitrogens is 1. The van der Waals surface area contributed by atoms with E-state index in [0.29, 0.717) is 12.8 Å². The number of benzene rings is 1. The van der Waals surface area contributed by atoms with E-state index in [-0.39, 0.29) is 18.8 Å². The monoisotopic (exact) mass is 446 g/mol. The molecule has 8 heteroatoms. The number of likely N-dealkylation sites (N-methyl/N-ethyl adjacent to an activating group) is 1. The summed E-state index contributed by atoms with van der Waals surface area (Å²) in [6.45, 7) is 5.83. The Kier molecular flexibility index (Phi) is 9.26. The Bertz CT molecular complexity index is 926. The summed E-state index contributed by atoms with van der Waals surface area (Å²) in [7, 11) is 4.00. The molecule has 8 nitrogen and oxygen atoms in total. The van der Waals surface area contributed by atoms with Gasteiger partial charge in [0, 0.05) is 31.0 Å². The van der Waals surface area contributed by atoms with Crippen LogP contribution in [-0.4, -0.2) is 60.5 Å². The lowest BCUT2D eigenvalue weighted by molar-refractivity contribution is -0.156. The van der Waals surface area contributed by atoms with Crippen LogP contribution in [0.1, 0.15) is 52.0 Å². The molecule has 0 N–H and O–H groups in total. The van der Waals surface area contributed by atoms with Crippen molar-refractivity contribution in [3.63, 3.8) is 0 Å². The van der Waals surface area contributed by atoms with Gasteiger partial charge in [0.05, 0.1) is 5.52 Å². The van der Waals surface area contributed by atoms with Gasteiger partial charge in [-0.15, -0.1) is 0 Å². The largest absolute Gasteiger partial charge is 0.460 e. The Balaban J connectivity index is 1.77. The molecule has 0 aliphatic heterocycles. The number of carbonyl (C=O) groups is 3. The van der Waals surface area contributed by atoms with Crippen LogP contribution in [0.25, 0.3) is 10.9 Å². The van der Waals surface area contributed by atoms with Gasteiger partial charge in [0.15, 0.2) is 0 Å². The molecule has 0 saturated heterocycles. The molecule has 1 heterocycles. The molecule has 0 fully saturated rings. The maximum Gasteiger partial charge on any atom is 0.421 e. The smallest absolute Gasteiger partial charge is 0.421 e. The molecule has 1 aromatic heterocycles. The van der Waals surface area contributed by atoms with E-state index in [1.54, 1.807) is 6.20 Å². The SMILES string of the molecule is CN(C)CCc1cn(C(=O)OCOC(=O)CCCCC(=O)OC(C)(C)C)c2ccccc12. The maximum atomic E-state index is 12.5. The van der Waals surface area contributed by atoms with Gasteiger partial charge in [0.2, 0.25) is 6.79 Å². The molecule has 0 spiro atoms. The number of carbonyl (C=O) groups excluding carboxylic acids is 3. The minimum absolute atomic E-state index is 0.140. The Morgan fingerprint density at radius 1 is 0.969 bits per heavy atom. The minimum atomic E-state index is -0.602. The van der Waals surface area contributed by atoms with Gasteiger partial charge in [0.25, 0.3) is 0 Å². The number of rotatable bonds is 10. The van der Waals surface area contributed by atoms with Crippen molar-refractivity contribution < 1.29 is 28.6 Å². The van der Waals surface area contributed by atoms with E-state index in [1.165, 1.54) is 4.57 Å². The second-order valence-corrected chi connectivity index (χ2v) is 8.93. The van der Waals surface area contributed by atoms with Crippen molar-refractivity contribution in [3.05, 3.63) is 36.0 Å². The number of ether oxygens (including phenoxy) is 3. The lowest BCUT2D eigenvalue weighted by atomic mass is 10.1. The van der Waals surface area contributed by atoms with Crippen LogP contribution in [0, 0.1) is 0 Å². The van der Waals surface area contributed by atoms with Gasteiger partial charge < -0.3 is 19.1 Å². The van der Waals surface area contributed by atoms with Crippen LogP contribution >= 0.6 is 0 Å². The molecule has 0 unspecified atom stereocenters. The quantitative estimate of drug-likeness (QED) is 0.308. The predicted molar refractivity (Wildman–Crippen MR) is 121 cm³/mol. The molecule has 2 aromatic rings. The van der Waals surface area contributed by atoms with Crippen molar-refractivity contribution in [1.29, 1.82) is 0 Å². The van der Waals surface area contributed by atoms with E-state index in [1.807, 2.05) is 59.1 Å². The molecule has 0 atom stereocenters. The Hall–Kier alpha value is -2.87. The van der Waals surface area contributed by atoms with Gasteiger partial charge >= 0.3 is 18.0 Å². The van der Waals surface area contributed by atoms with Crippen molar-refractivity contribution in [2.24, 2.45) is 0 Å². The van der Waals surface area contributed by atoms with Gasteiger partial charge in [-0.1, -0.05) is 18.2 Å². The van der Waals surface area contributed by atoms with Crippen LogP contribution in [0.5, 0.6) is 0 Å². The number of hydrogen-bond acceptors (Lipinski definition) is 7. The van der Waals surface area contributed by atoms with Crippen LogP contribution in [0.2, 0.25) is 0 Å². The van der Waals surface area contributed by atoms with E-state index in [9.17, 15) is 14.4 Å². The third-order valence-corrected chi connectivity index (χ3v) is 4.65. The van der Waals surface area contributed by atoms with Crippen LogP contribution < -0.4 is 0 Å². The van der Waals surface area contributed by atoms with Crippen molar-refractivity contribution in [1.82, 2.24) is 9.47 Å². The summed E-state index contributed by atoms with van der Waals surface area (Å²) in [5, 5.41) is 0.994. The summed E-state index contributed by atoms with van der Waals surface area (Å²) >= 11 is 0. The highest BCUT2D eigenvalue weighted by atomic mass is 16.7. The van der Waals surface area contributed by atoms with Gasteiger partial charge in [-0.3, -0.25) is 14.2 Å². The molecule has 0 aliphatic carbocycles. The molecule has 0 aliphatic rings. The number of fused-ring (bicyclic) bond motifs is 1. The molecule has 0 amide bonds. The summed E-state index contributed by atoms with van der Waals surface area (Å²) in [6, 6.07) is 7.62. The standard InChI is InChI=1S/C24H34N2O6/c1-24(2,3)32-22(28)13-9-8-12-21(27)30-17-31-23(29)26-16-18(14-15-25(4)5)19-10-6-7-11-20(19)26/h6-7,10-11,16H,8-9,12-15,17H2,1-5H3. The fourth-order valence-electron chi connectivity index (χ4n) is 3.16. The van der Waals surface area contributed by atoms with Crippen molar-refractivity contribution >= 4 is 28.9 Å². The summed E-state index contributed by atoms with van der Waals surface area (Å²) in [6.07, 6.45) is 3.37. The van der Waals surface area contributed by atoms with Gasteiger partial charge in [-0.05, 0) is 65.8 Å². The zero-order chi connectivity index (χ0) is 23.7. The summed E-state index contributed by atoms with van der Waals surface area (Å²) in [5.41, 5.74) is 1.28. The van der Waals surface area contributed by atoms with Crippen molar-refractivity contribution in [3.8, 4) is 0 Å². The first kappa shape index (κ1) is 25.4. The highest BCUT2D eigenvalue weighted by molar-refractivity contribution is 5.92. The molecule has 176 valence electrons. The highest BCUT2D eigenvalue weighted by Crippen LogP contribution is 2.22. The second kappa shape index (κ2) is 11.7. The highest BCUT2D eigenvalue weighted by Gasteiger charge is 2.17. The minimum Gasteiger partial charge on any atom is -0.460 e. The van der Waals surface area contributed by atoms with Gasteiger partial charge in [0.1, 0.15) is 5.60 Å². The van der Waals surface area contributed by atoms with E-state index in [4.69, 9.17) is 14.2 Å². The molecule has 0 bridgehead atoms. The second-order valence-electron chi connectivity index (χ2n) is 8.93. The first-order valence-electron chi connectivity index (χ1n) is 10.8. The van der Waals surface area contributed by atoms with Crippen LogP contribution in [0.3, 0.4) is 0 Å². The molecule has 2 rings (SSSR count). The lowest BCUT2D eigenvalue weighted by Gasteiger charge is -2.19. The third kappa shape index (κ3) is 8.34. The first-order chi connectivity index (χ1) is 15.1. The van der Waals surface area contributed by atoms with Crippen LogP contribution in [0.4, 0.5) is 4.79 Å². The fraction of sp³-hybridized carbons (Fsp3) is 0.542. The number of para-hydroxylation sites is 1. The Labute approximate surface area is 189 Å². The maximum absolute atomic E-state index is 12.5. The molecule has 1 aromatic carbocycles. The summed E-state index contributed by atoms with van der Waals surface area (Å²) in [4.78, 5) is 38.1. The lowest BCUT2D eigenvalue weighted by Crippen LogP contribution is -2.23. The van der Waals surface area contributed by atoms with Crippen LogP contribution in [-0.2, 0) is 30.2 Å². The summed E-state index contributed by atoms with van der Waals surface area (Å²) in [5.74, 6) is -0.769. The number of unbranched alkanes of at least 4 members (excludes halogenated alkanes) is 1. The average Bonchev–Trinajstić information content (AvgIpc) is 3.07. The third-order valence-electron chi connectivity index (χ3n) is 4.65. The molecular formula is C24H34N2O6. The van der Waals surface area contributed by atoms with E-state index in [2.05, 4.69) is 4.90 Å². The number of nitrogens with zero attached hydrogens (tertiary/aromatic N) is 2. The normalized spacial score (nSPS) is 11.6. The number of hydrogen-bond donors (Lipinski definition) is 0. The topological polar surface area (TPSA) is 87.1 Å². The zero-order valence-corrected chi connectivity index (χ0v) is 19.7. The summed E-state index contributed by atoms with van der Waals surface area (Å²) < 4.78 is 16.8. The van der Waals surface area contributed by atoms with E-state index in [0.717, 1.165) is 29.4 Å². The fourth-order valence-corrected chi connectivity index (χ4v) is 3.16. The van der Waals surface area contributed by atoms with Gasteiger partial charge in [-0.2, -0.15) is 0 Å². The molecule has 0 radical (unpaired) electrons. The Morgan fingerprint density at radius 2 is 1.62 bits per heavy atom. The van der Waals surface area contributed by atoms with Gasteiger partial charge in [-0.25, -0.2) is 4.79 Å². The molecule has 32 heavy (non-hydrogen) atoms. The van der Waals surface area contributed by atoms with Crippen LogP contribution in [0.15, 0.2) is 30.5 Å². The Morgan fingerprint density at radius 3 is 2.28 bits per heavy atom. The van der Waals surface area contributed by atoms with E-state index < -0.39 is 24.5 Å². The van der Waals surface area contributed by atoms with Crippen molar-refractivity contribution in [2.75, 3.05) is 27.4 Å². The molecular weight excluding hydrogens is 412 g/mol. The van der Waals surface area contributed by atoms with E-state index >= 15 is 0 Å². The number of esters is 2. The first-order valence-corrected chi connectivity index (χ1v) is 10.8.